The van der Waals surface area contributed by atoms with Gasteiger partial charge in [-0.25, -0.2) is 4.98 Å². The molecule has 3 N–H and O–H groups in total. The van der Waals surface area contributed by atoms with Crippen LogP contribution < -0.4 is 11.1 Å². The van der Waals surface area contributed by atoms with E-state index in [0.29, 0.717) is 17.4 Å². The number of anilines is 2. The Morgan fingerprint density at radius 2 is 2.20 bits per heavy atom. The van der Waals surface area contributed by atoms with E-state index in [1.165, 1.54) is 19.0 Å². The number of nitrogens with zero attached hydrogens (tertiary/aromatic N) is 2. The van der Waals surface area contributed by atoms with Gasteiger partial charge in [-0.3, -0.25) is 0 Å². The Morgan fingerprint density at radius 3 is 2.80 bits per heavy atom. The van der Waals surface area contributed by atoms with Gasteiger partial charge in [0.15, 0.2) is 5.82 Å². The number of halogens is 1. The smallest absolute Gasteiger partial charge is 0.224 e. The first kappa shape index (κ1) is 10.5. The summed E-state index contributed by atoms with van der Waals surface area (Å²) in [6, 6.07) is 0. The quantitative estimate of drug-likeness (QED) is 0.777. The molecule has 0 spiro atoms. The Balaban J connectivity index is 2.19. The van der Waals surface area contributed by atoms with Gasteiger partial charge in [-0.2, -0.15) is 4.98 Å². The van der Waals surface area contributed by atoms with Crippen LogP contribution in [0.25, 0.3) is 0 Å². The minimum absolute atomic E-state index is 0.0196. The number of nitrogens with two attached hydrogens (primary N) is 1. The van der Waals surface area contributed by atoms with E-state index in [9.17, 15) is 0 Å². The number of hydrogen-bond donors (Lipinski definition) is 2. The molecule has 0 aromatic carbocycles. The molecule has 4 nitrogen and oxygen atoms in total. The fourth-order valence-electron chi connectivity index (χ4n) is 1.68. The average molecular weight is 227 g/mol. The van der Waals surface area contributed by atoms with Crippen molar-refractivity contribution in [3.05, 3.63) is 11.5 Å². The minimum Gasteiger partial charge on any atom is -0.394 e. The molecule has 0 bridgehead atoms. The van der Waals surface area contributed by atoms with Gasteiger partial charge in [0.05, 0.1) is 11.9 Å². The fourth-order valence-corrected chi connectivity index (χ4v) is 1.82. The second kappa shape index (κ2) is 3.52. The lowest BCUT2D eigenvalue weighted by molar-refractivity contribution is 0.493. The molecule has 0 amide bonds. The number of hydrogen-bond acceptors (Lipinski definition) is 4. The molecule has 1 aliphatic rings. The zero-order valence-electron chi connectivity index (χ0n) is 8.92. The standard InChI is InChI=1S/C10H15ClN4/c1-10(2,6-3-4-6)15-8-7(12)5-13-9(11)14-8/h5-6H,3-4,12H2,1-2H3,(H,13,14,15). The largest absolute Gasteiger partial charge is 0.394 e. The van der Waals surface area contributed by atoms with Crippen LogP contribution in [0.5, 0.6) is 0 Å². The summed E-state index contributed by atoms with van der Waals surface area (Å²) >= 11 is 5.72. The summed E-state index contributed by atoms with van der Waals surface area (Å²) in [6.07, 6.45) is 4.05. The van der Waals surface area contributed by atoms with Crippen molar-refractivity contribution in [1.29, 1.82) is 0 Å². The van der Waals surface area contributed by atoms with E-state index in [0.717, 1.165) is 0 Å². The van der Waals surface area contributed by atoms with Gasteiger partial charge in [-0.15, -0.1) is 0 Å². The molecule has 2 rings (SSSR count). The van der Waals surface area contributed by atoms with Gasteiger partial charge in [-0.1, -0.05) is 0 Å². The molecule has 1 heterocycles. The third-order valence-electron chi connectivity index (χ3n) is 2.83. The highest BCUT2D eigenvalue weighted by atomic mass is 35.5. The monoisotopic (exact) mass is 226 g/mol. The van der Waals surface area contributed by atoms with Crippen molar-refractivity contribution in [2.24, 2.45) is 5.92 Å². The molecular formula is C10H15ClN4. The fraction of sp³-hybridized carbons (Fsp3) is 0.600. The van der Waals surface area contributed by atoms with Crippen molar-refractivity contribution in [2.45, 2.75) is 32.2 Å². The van der Waals surface area contributed by atoms with Gasteiger partial charge in [0.1, 0.15) is 0 Å². The van der Waals surface area contributed by atoms with Crippen molar-refractivity contribution < 1.29 is 0 Å². The van der Waals surface area contributed by atoms with E-state index < -0.39 is 0 Å². The van der Waals surface area contributed by atoms with Crippen molar-refractivity contribution >= 4 is 23.1 Å². The third kappa shape index (κ3) is 2.31. The Bertz CT molecular complexity index is 374. The lowest BCUT2D eigenvalue weighted by atomic mass is 9.99. The maximum atomic E-state index is 5.77. The maximum Gasteiger partial charge on any atom is 0.224 e. The second-order valence-corrected chi connectivity index (χ2v) is 4.90. The number of nitrogen functional groups attached to an aromatic ring is 1. The zero-order valence-corrected chi connectivity index (χ0v) is 9.67. The highest BCUT2D eigenvalue weighted by Gasteiger charge is 2.38. The second-order valence-electron chi connectivity index (χ2n) is 4.56. The van der Waals surface area contributed by atoms with Crippen LogP contribution in [-0.2, 0) is 0 Å². The highest BCUT2D eigenvalue weighted by Crippen LogP contribution is 2.41. The zero-order chi connectivity index (χ0) is 11.1. The molecule has 1 aromatic rings. The summed E-state index contributed by atoms with van der Waals surface area (Å²) < 4.78 is 0. The molecule has 1 aliphatic carbocycles. The van der Waals surface area contributed by atoms with E-state index in [1.807, 2.05) is 0 Å². The first-order valence-corrected chi connectivity index (χ1v) is 5.43. The average Bonchev–Trinajstić information content (AvgIpc) is 2.93. The topological polar surface area (TPSA) is 63.8 Å². The number of rotatable bonds is 3. The van der Waals surface area contributed by atoms with Crippen molar-refractivity contribution in [2.75, 3.05) is 11.1 Å². The first-order valence-electron chi connectivity index (χ1n) is 5.05. The van der Waals surface area contributed by atoms with Crippen LogP contribution >= 0.6 is 11.6 Å². The minimum atomic E-state index is 0.0196. The van der Waals surface area contributed by atoms with Crippen LogP contribution in [0, 0.1) is 5.92 Å². The van der Waals surface area contributed by atoms with Crippen molar-refractivity contribution in [1.82, 2.24) is 9.97 Å². The lowest BCUT2D eigenvalue weighted by Gasteiger charge is -2.27. The molecule has 15 heavy (non-hydrogen) atoms. The Hall–Kier alpha value is -1.03. The van der Waals surface area contributed by atoms with Gasteiger partial charge in [0, 0.05) is 5.54 Å². The predicted octanol–water partition coefficient (Wildman–Crippen LogP) is 2.31. The van der Waals surface area contributed by atoms with Crippen LogP contribution in [0.2, 0.25) is 5.28 Å². The molecule has 5 heteroatoms. The normalized spacial score (nSPS) is 16.5. The van der Waals surface area contributed by atoms with E-state index in [4.69, 9.17) is 17.3 Å². The molecule has 0 radical (unpaired) electrons. The molecule has 82 valence electrons. The molecule has 0 aliphatic heterocycles. The van der Waals surface area contributed by atoms with Gasteiger partial charge < -0.3 is 11.1 Å². The maximum absolute atomic E-state index is 5.77. The molecule has 0 atom stereocenters. The SMILES string of the molecule is CC(C)(Nc1nc(Cl)ncc1N)C1CC1. The number of nitrogens with one attached hydrogen (secondary N) is 1. The Morgan fingerprint density at radius 1 is 1.53 bits per heavy atom. The van der Waals surface area contributed by atoms with Gasteiger partial charge >= 0.3 is 0 Å². The molecule has 0 unspecified atom stereocenters. The van der Waals surface area contributed by atoms with Crippen molar-refractivity contribution in [3.63, 3.8) is 0 Å². The van der Waals surface area contributed by atoms with E-state index in [2.05, 4.69) is 29.1 Å². The van der Waals surface area contributed by atoms with E-state index in [-0.39, 0.29) is 10.8 Å². The molecule has 1 saturated carbocycles. The summed E-state index contributed by atoms with van der Waals surface area (Å²) in [7, 11) is 0. The van der Waals surface area contributed by atoms with E-state index >= 15 is 0 Å². The summed E-state index contributed by atoms with van der Waals surface area (Å²) in [5.74, 6) is 1.33. The molecule has 1 aromatic heterocycles. The highest BCUT2D eigenvalue weighted by molar-refractivity contribution is 6.28. The Kier molecular flexibility index (Phi) is 2.46. The summed E-state index contributed by atoms with van der Waals surface area (Å²) in [4.78, 5) is 7.91. The molecular weight excluding hydrogens is 212 g/mol. The first-order chi connectivity index (χ1) is 6.99. The third-order valence-corrected chi connectivity index (χ3v) is 3.01. The molecule has 1 fully saturated rings. The van der Waals surface area contributed by atoms with Crippen molar-refractivity contribution in [3.8, 4) is 0 Å². The summed E-state index contributed by atoms with van der Waals surface area (Å²) in [6.45, 7) is 4.31. The Labute approximate surface area is 94.2 Å². The summed E-state index contributed by atoms with van der Waals surface area (Å²) in [5.41, 5.74) is 6.33. The van der Waals surface area contributed by atoms with Crippen LogP contribution in [0.3, 0.4) is 0 Å². The van der Waals surface area contributed by atoms with Crippen LogP contribution in [0.1, 0.15) is 26.7 Å². The van der Waals surface area contributed by atoms with Crippen LogP contribution in [-0.4, -0.2) is 15.5 Å². The van der Waals surface area contributed by atoms with Crippen LogP contribution in [0.15, 0.2) is 6.20 Å². The lowest BCUT2D eigenvalue weighted by Crippen LogP contribution is -2.34. The van der Waals surface area contributed by atoms with Gasteiger partial charge in [0.2, 0.25) is 5.28 Å². The van der Waals surface area contributed by atoms with Gasteiger partial charge in [-0.05, 0) is 44.2 Å². The van der Waals surface area contributed by atoms with Crippen LogP contribution in [0.4, 0.5) is 11.5 Å². The summed E-state index contributed by atoms with van der Waals surface area (Å²) in [5, 5.41) is 3.55. The molecule has 0 saturated heterocycles. The number of aromatic nitrogens is 2. The predicted molar refractivity (Wildman–Crippen MR) is 61.9 cm³/mol. The van der Waals surface area contributed by atoms with E-state index in [1.54, 1.807) is 0 Å². The van der Waals surface area contributed by atoms with Gasteiger partial charge in [0.25, 0.3) is 0 Å².